The van der Waals surface area contributed by atoms with Gasteiger partial charge in [0, 0.05) is 42.7 Å². The molecule has 1 aromatic heterocycles. The van der Waals surface area contributed by atoms with Crippen LogP contribution in [0.15, 0.2) is 30.6 Å². The van der Waals surface area contributed by atoms with Crippen LogP contribution in [0, 0.1) is 0 Å². The second kappa shape index (κ2) is 6.99. The Morgan fingerprint density at radius 1 is 1.07 bits per heavy atom. The van der Waals surface area contributed by atoms with Gasteiger partial charge in [-0.25, -0.2) is 14.8 Å². The summed E-state index contributed by atoms with van der Waals surface area (Å²) < 4.78 is 16.2. The zero-order valence-corrected chi connectivity index (χ0v) is 16.3. The molecule has 0 spiro atoms. The molecule has 0 atom stereocenters. The smallest absolute Gasteiger partial charge is 0.339 e. The van der Waals surface area contributed by atoms with Crippen LogP contribution in [0.5, 0.6) is 11.5 Å². The van der Waals surface area contributed by atoms with Gasteiger partial charge in [-0.15, -0.1) is 0 Å². The Labute approximate surface area is 162 Å². The maximum absolute atomic E-state index is 12.5. The quantitative estimate of drug-likeness (QED) is 0.629. The summed E-state index contributed by atoms with van der Waals surface area (Å²) >= 11 is 0. The van der Waals surface area contributed by atoms with Gasteiger partial charge >= 0.3 is 5.97 Å². The van der Waals surface area contributed by atoms with E-state index in [-0.39, 0.29) is 12.6 Å². The molecule has 4 rings (SSSR count). The largest absolute Gasteiger partial charge is 0.493 e. The molecule has 0 N–H and O–H groups in total. The van der Waals surface area contributed by atoms with E-state index in [0.717, 1.165) is 34.0 Å². The Bertz CT molecular complexity index is 1060. The van der Waals surface area contributed by atoms with Crippen LogP contribution >= 0.6 is 0 Å². The van der Waals surface area contributed by atoms with Crippen molar-refractivity contribution in [2.75, 3.05) is 32.7 Å². The normalized spacial score (nSPS) is 12.6. The van der Waals surface area contributed by atoms with Gasteiger partial charge in [0.25, 0.3) is 0 Å². The van der Waals surface area contributed by atoms with Crippen molar-refractivity contribution < 1.29 is 19.0 Å². The molecule has 2 heterocycles. The lowest BCUT2D eigenvalue weighted by Gasteiger charge is -2.16. The molecule has 0 amide bonds. The van der Waals surface area contributed by atoms with Gasteiger partial charge in [-0.2, -0.15) is 0 Å². The van der Waals surface area contributed by atoms with Crippen LogP contribution < -0.4 is 14.4 Å². The van der Waals surface area contributed by atoms with Gasteiger partial charge in [0.15, 0.2) is 11.5 Å². The number of methoxy groups -OCH3 is 2. The average Bonchev–Trinajstić information content (AvgIpc) is 3.10. The van der Waals surface area contributed by atoms with E-state index >= 15 is 0 Å². The summed E-state index contributed by atoms with van der Waals surface area (Å²) in [6.07, 6.45) is 3.48. The van der Waals surface area contributed by atoms with Crippen LogP contribution in [0.25, 0.3) is 21.9 Å². The highest BCUT2D eigenvalue weighted by Gasteiger charge is 2.28. The summed E-state index contributed by atoms with van der Waals surface area (Å²) in [7, 11) is 5.12. The molecule has 0 bridgehead atoms. The molecule has 2 aromatic carbocycles. The summed E-state index contributed by atoms with van der Waals surface area (Å²) in [6, 6.07) is 5.74. The van der Waals surface area contributed by atoms with E-state index in [0.29, 0.717) is 23.0 Å². The van der Waals surface area contributed by atoms with E-state index in [9.17, 15) is 4.79 Å². The third-order valence-electron chi connectivity index (χ3n) is 5.03. The molecule has 1 aliphatic rings. The van der Waals surface area contributed by atoms with Crippen molar-refractivity contribution in [1.29, 1.82) is 0 Å². The van der Waals surface area contributed by atoms with Crippen LogP contribution in [0.4, 0.5) is 5.95 Å². The highest BCUT2D eigenvalue weighted by Crippen LogP contribution is 2.42. The number of carbonyl (C=O) groups excluding carboxylic acids is 1. The SMILES string of the molecule is CCN(C)c1ncc(-c2c3c(cc4cc(OC)c(OC)cc24)COC3=O)cn1. The van der Waals surface area contributed by atoms with E-state index in [1.165, 1.54) is 0 Å². The minimum atomic E-state index is -0.337. The minimum Gasteiger partial charge on any atom is -0.493 e. The van der Waals surface area contributed by atoms with E-state index in [1.54, 1.807) is 26.6 Å². The topological polar surface area (TPSA) is 73.8 Å². The molecule has 144 valence electrons. The third kappa shape index (κ3) is 2.79. The minimum absolute atomic E-state index is 0.253. The molecule has 0 saturated heterocycles. The first-order valence-corrected chi connectivity index (χ1v) is 8.99. The van der Waals surface area contributed by atoms with Gasteiger partial charge < -0.3 is 19.1 Å². The molecule has 3 aromatic rings. The second-order valence-electron chi connectivity index (χ2n) is 6.58. The number of anilines is 1. The monoisotopic (exact) mass is 379 g/mol. The summed E-state index contributed by atoms with van der Waals surface area (Å²) in [5, 5.41) is 1.79. The highest BCUT2D eigenvalue weighted by molar-refractivity contribution is 6.11. The van der Waals surface area contributed by atoms with E-state index in [1.807, 2.05) is 37.1 Å². The zero-order valence-electron chi connectivity index (χ0n) is 16.3. The number of ether oxygens (including phenoxy) is 3. The Kier molecular flexibility index (Phi) is 4.50. The number of cyclic esters (lactones) is 1. The van der Waals surface area contributed by atoms with Crippen LogP contribution in [-0.4, -0.2) is 43.7 Å². The van der Waals surface area contributed by atoms with E-state index in [4.69, 9.17) is 14.2 Å². The first-order valence-electron chi connectivity index (χ1n) is 8.99. The van der Waals surface area contributed by atoms with Gasteiger partial charge in [-0.05, 0) is 35.9 Å². The molecule has 0 fully saturated rings. The Hall–Kier alpha value is -3.35. The fourth-order valence-electron chi connectivity index (χ4n) is 3.44. The lowest BCUT2D eigenvalue weighted by Crippen LogP contribution is -2.18. The Morgan fingerprint density at radius 2 is 1.75 bits per heavy atom. The number of nitrogens with zero attached hydrogens (tertiary/aromatic N) is 3. The van der Waals surface area contributed by atoms with Crippen molar-refractivity contribution >= 4 is 22.7 Å². The molecule has 7 heteroatoms. The number of esters is 1. The van der Waals surface area contributed by atoms with Crippen molar-refractivity contribution in [3.63, 3.8) is 0 Å². The van der Waals surface area contributed by atoms with Crippen molar-refractivity contribution in [3.8, 4) is 22.6 Å². The number of aromatic nitrogens is 2. The standard InChI is InChI=1S/C21H21N3O4/c1-5-24(2)21-22-9-14(10-23-21)18-15-8-17(27-4)16(26-3)7-12(15)6-13-11-28-20(25)19(13)18/h6-10H,5,11H2,1-4H3. The van der Waals surface area contributed by atoms with Crippen LogP contribution in [0.3, 0.4) is 0 Å². The molecule has 1 aliphatic heterocycles. The third-order valence-corrected chi connectivity index (χ3v) is 5.03. The maximum Gasteiger partial charge on any atom is 0.339 e. The number of benzene rings is 2. The maximum atomic E-state index is 12.5. The van der Waals surface area contributed by atoms with E-state index < -0.39 is 0 Å². The highest BCUT2D eigenvalue weighted by atomic mass is 16.5. The van der Waals surface area contributed by atoms with Gasteiger partial charge in [0.2, 0.25) is 5.95 Å². The summed E-state index contributed by atoms with van der Waals surface area (Å²) in [5.74, 6) is 1.51. The molecular weight excluding hydrogens is 358 g/mol. The van der Waals surface area contributed by atoms with Crippen molar-refractivity contribution in [2.45, 2.75) is 13.5 Å². The predicted molar refractivity (Wildman–Crippen MR) is 106 cm³/mol. The average molecular weight is 379 g/mol. The van der Waals surface area contributed by atoms with Crippen molar-refractivity contribution in [2.24, 2.45) is 0 Å². The number of carbonyl (C=O) groups is 1. The lowest BCUT2D eigenvalue weighted by molar-refractivity contribution is 0.0535. The molecule has 7 nitrogen and oxygen atoms in total. The molecule has 28 heavy (non-hydrogen) atoms. The fourth-order valence-corrected chi connectivity index (χ4v) is 3.44. The summed E-state index contributed by atoms with van der Waals surface area (Å²) in [6.45, 7) is 3.08. The zero-order chi connectivity index (χ0) is 19.8. The lowest BCUT2D eigenvalue weighted by atomic mass is 9.91. The summed E-state index contributed by atoms with van der Waals surface area (Å²) in [5.41, 5.74) is 2.90. The molecular formula is C21H21N3O4. The first-order chi connectivity index (χ1) is 13.6. The molecule has 0 unspecified atom stereocenters. The number of rotatable bonds is 5. The summed E-state index contributed by atoms with van der Waals surface area (Å²) in [4.78, 5) is 23.4. The van der Waals surface area contributed by atoms with Gasteiger partial charge in [-0.1, -0.05) is 0 Å². The van der Waals surface area contributed by atoms with Crippen LogP contribution in [0.1, 0.15) is 22.8 Å². The first kappa shape index (κ1) is 18.0. The Balaban J connectivity index is 2.00. The molecule has 0 aliphatic carbocycles. The molecule has 0 radical (unpaired) electrons. The Morgan fingerprint density at radius 3 is 2.39 bits per heavy atom. The number of hydrogen-bond donors (Lipinski definition) is 0. The van der Waals surface area contributed by atoms with Crippen molar-refractivity contribution in [3.05, 3.63) is 41.7 Å². The predicted octanol–water partition coefficient (Wildman–Crippen LogP) is 3.44. The fraction of sp³-hybridized carbons (Fsp3) is 0.286. The number of hydrogen-bond acceptors (Lipinski definition) is 7. The number of fused-ring (bicyclic) bond motifs is 2. The van der Waals surface area contributed by atoms with Gasteiger partial charge in [0.05, 0.1) is 19.8 Å². The second-order valence-corrected chi connectivity index (χ2v) is 6.58. The van der Waals surface area contributed by atoms with E-state index in [2.05, 4.69) is 9.97 Å². The van der Waals surface area contributed by atoms with Crippen LogP contribution in [0.2, 0.25) is 0 Å². The van der Waals surface area contributed by atoms with Crippen molar-refractivity contribution in [1.82, 2.24) is 9.97 Å². The van der Waals surface area contributed by atoms with Gasteiger partial charge in [-0.3, -0.25) is 0 Å². The molecule has 0 saturated carbocycles. The van der Waals surface area contributed by atoms with Gasteiger partial charge in [0.1, 0.15) is 6.61 Å². The van der Waals surface area contributed by atoms with Crippen LogP contribution in [-0.2, 0) is 11.3 Å².